The van der Waals surface area contributed by atoms with E-state index in [-0.39, 0.29) is 21.0 Å². The molecule has 2 aromatic rings. The van der Waals surface area contributed by atoms with Gasteiger partial charge in [-0.25, -0.2) is 32.3 Å². The third-order valence-electron chi connectivity index (χ3n) is 3.98. The quantitative estimate of drug-likeness (QED) is 0.430. The van der Waals surface area contributed by atoms with Crippen molar-refractivity contribution in [3.8, 4) is 0 Å². The first kappa shape index (κ1) is 24.9. The topological polar surface area (TPSA) is 168 Å². The fraction of sp³-hybridized carbons (Fsp3) is 0.222. The van der Waals surface area contributed by atoms with Crippen LogP contribution in [0.3, 0.4) is 0 Å². The van der Waals surface area contributed by atoms with E-state index >= 15 is 0 Å². The Balaban J connectivity index is 2.20. The molecule has 0 fully saturated rings. The number of anilines is 1. The maximum absolute atomic E-state index is 13.9. The summed E-state index contributed by atoms with van der Waals surface area (Å²) in [5.74, 6) is -4.91. The van der Waals surface area contributed by atoms with Crippen LogP contribution in [0.4, 0.5) is 9.39 Å². The highest BCUT2D eigenvalue weighted by Gasteiger charge is 2.27. The molecule has 0 radical (unpaired) electrons. The van der Waals surface area contributed by atoms with Crippen LogP contribution >= 0.6 is 11.3 Å². The van der Waals surface area contributed by atoms with E-state index < -0.39 is 56.7 Å². The number of rotatable bonds is 7. The number of halogens is 1. The van der Waals surface area contributed by atoms with Crippen molar-refractivity contribution >= 4 is 50.2 Å². The number of nitrogens with one attached hydrogen (secondary N) is 1. The summed E-state index contributed by atoms with van der Waals surface area (Å²) >= 11 is 0.740. The molecular formula is C18H17FN2O9S2. The molecule has 172 valence electrons. The van der Waals surface area contributed by atoms with Crippen LogP contribution in [0.25, 0.3) is 0 Å². The van der Waals surface area contributed by atoms with E-state index in [2.05, 4.69) is 14.8 Å². The van der Waals surface area contributed by atoms with Crippen molar-refractivity contribution in [3.63, 3.8) is 0 Å². The lowest BCUT2D eigenvalue weighted by Crippen LogP contribution is -2.22. The monoisotopic (exact) mass is 488 g/mol. The molecule has 0 unspecified atom stereocenters. The number of carbonyl (C=O) groups is 4. The maximum atomic E-state index is 13.9. The summed E-state index contributed by atoms with van der Waals surface area (Å²) in [6, 6.07) is 2.24. The van der Waals surface area contributed by atoms with Crippen LogP contribution < -0.4 is 10.5 Å². The third kappa shape index (κ3) is 5.46. The largest absolute Gasteiger partial charge is 0.465 e. The van der Waals surface area contributed by atoms with E-state index in [1.54, 1.807) is 0 Å². The first-order valence-corrected chi connectivity index (χ1v) is 10.9. The first-order chi connectivity index (χ1) is 14.9. The minimum Gasteiger partial charge on any atom is -0.465 e. The van der Waals surface area contributed by atoms with Gasteiger partial charge in [-0.3, -0.25) is 4.79 Å². The van der Waals surface area contributed by atoms with Crippen LogP contribution in [-0.2, 0) is 29.0 Å². The zero-order chi connectivity index (χ0) is 24.2. The number of hydrogen-bond donors (Lipinski definition) is 2. The normalized spacial score (nSPS) is 10.9. The van der Waals surface area contributed by atoms with E-state index in [0.29, 0.717) is 12.1 Å². The number of primary sulfonamides is 1. The number of sulfonamides is 1. The molecule has 0 aliphatic rings. The van der Waals surface area contributed by atoms with Crippen molar-refractivity contribution in [1.29, 1.82) is 0 Å². The second-order valence-corrected chi connectivity index (χ2v) is 8.64. The molecule has 0 aliphatic heterocycles. The molecule has 0 spiro atoms. The average molecular weight is 488 g/mol. The number of carbonyl (C=O) groups excluding carboxylic acids is 4. The van der Waals surface area contributed by atoms with Gasteiger partial charge in [0.2, 0.25) is 10.0 Å². The Bertz CT molecular complexity index is 1210. The van der Waals surface area contributed by atoms with Crippen LogP contribution in [0.15, 0.2) is 23.1 Å². The van der Waals surface area contributed by atoms with Crippen molar-refractivity contribution in [2.24, 2.45) is 5.14 Å². The molecule has 1 amide bonds. The number of benzene rings is 1. The van der Waals surface area contributed by atoms with Gasteiger partial charge in [-0.05, 0) is 30.7 Å². The second kappa shape index (κ2) is 9.84. The number of nitrogens with two attached hydrogens (primary N) is 1. The van der Waals surface area contributed by atoms with E-state index in [1.165, 1.54) is 6.92 Å². The van der Waals surface area contributed by atoms with E-state index in [9.17, 15) is 32.0 Å². The Hall–Kier alpha value is -3.36. The zero-order valence-corrected chi connectivity index (χ0v) is 18.5. The lowest BCUT2D eigenvalue weighted by molar-refractivity contribution is -0.119. The summed E-state index contributed by atoms with van der Waals surface area (Å²) in [6.07, 6.45) is 0. The maximum Gasteiger partial charge on any atom is 0.348 e. The summed E-state index contributed by atoms with van der Waals surface area (Å²) in [4.78, 5) is 47.8. The Morgan fingerprint density at radius 2 is 1.72 bits per heavy atom. The Labute approximate surface area is 185 Å². The summed E-state index contributed by atoms with van der Waals surface area (Å²) in [5, 5.41) is 7.19. The number of amides is 1. The molecule has 3 N–H and O–H groups in total. The van der Waals surface area contributed by atoms with Gasteiger partial charge in [0.25, 0.3) is 5.91 Å². The molecule has 0 bridgehead atoms. The molecule has 11 nitrogen and oxygen atoms in total. The van der Waals surface area contributed by atoms with Gasteiger partial charge in [-0.2, -0.15) is 0 Å². The molecule has 32 heavy (non-hydrogen) atoms. The summed E-state index contributed by atoms with van der Waals surface area (Å²) < 4.78 is 50.6. The highest BCUT2D eigenvalue weighted by Crippen LogP contribution is 2.34. The van der Waals surface area contributed by atoms with Crippen molar-refractivity contribution in [2.75, 3.05) is 26.1 Å². The average Bonchev–Trinajstić information content (AvgIpc) is 3.05. The fourth-order valence-corrected chi connectivity index (χ4v) is 4.12. The van der Waals surface area contributed by atoms with Crippen molar-refractivity contribution in [1.82, 2.24) is 0 Å². The lowest BCUT2D eigenvalue weighted by atomic mass is 10.1. The van der Waals surface area contributed by atoms with Gasteiger partial charge in [0.15, 0.2) is 6.61 Å². The minimum atomic E-state index is -4.21. The smallest absolute Gasteiger partial charge is 0.348 e. The zero-order valence-electron chi connectivity index (χ0n) is 16.9. The van der Waals surface area contributed by atoms with Gasteiger partial charge in [0.05, 0.1) is 30.2 Å². The highest BCUT2D eigenvalue weighted by molar-refractivity contribution is 7.89. The predicted molar refractivity (Wildman–Crippen MR) is 108 cm³/mol. The van der Waals surface area contributed by atoms with Crippen molar-refractivity contribution in [3.05, 3.63) is 45.6 Å². The third-order valence-corrected chi connectivity index (χ3v) is 6.08. The van der Waals surface area contributed by atoms with Crippen LogP contribution in [0, 0.1) is 12.7 Å². The molecule has 0 aliphatic carbocycles. The van der Waals surface area contributed by atoms with Gasteiger partial charge < -0.3 is 19.5 Å². The van der Waals surface area contributed by atoms with Crippen LogP contribution in [0.1, 0.15) is 36.0 Å². The minimum absolute atomic E-state index is 0.0436. The van der Waals surface area contributed by atoms with Gasteiger partial charge in [0.1, 0.15) is 15.7 Å². The van der Waals surface area contributed by atoms with E-state index in [1.807, 2.05) is 0 Å². The molecular weight excluding hydrogens is 471 g/mol. The summed E-state index contributed by atoms with van der Waals surface area (Å²) in [7, 11) is -1.96. The number of thiophene rings is 1. The number of hydrogen-bond acceptors (Lipinski definition) is 10. The molecule has 1 aromatic carbocycles. The Kier molecular flexibility index (Phi) is 7.66. The van der Waals surface area contributed by atoms with Gasteiger partial charge in [-0.1, -0.05) is 0 Å². The molecule has 0 atom stereocenters. The molecule has 0 saturated heterocycles. The van der Waals surface area contributed by atoms with Gasteiger partial charge in [0, 0.05) is 0 Å². The number of methoxy groups -OCH3 is 2. The van der Waals surface area contributed by atoms with E-state index in [4.69, 9.17) is 9.88 Å². The van der Waals surface area contributed by atoms with Crippen molar-refractivity contribution < 1.29 is 46.2 Å². The van der Waals surface area contributed by atoms with Crippen LogP contribution in [0.2, 0.25) is 0 Å². The molecule has 2 rings (SSSR count). The summed E-state index contributed by atoms with van der Waals surface area (Å²) in [6.45, 7) is 0.537. The molecule has 0 saturated carbocycles. The van der Waals surface area contributed by atoms with Crippen LogP contribution in [-0.4, -0.2) is 53.1 Å². The van der Waals surface area contributed by atoms with Gasteiger partial charge >= 0.3 is 17.9 Å². The SMILES string of the molecule is COC(=O)c1sc(NC(=O)COC(=O)c2cc(S(N)(=O)=O)ccc2F)c(C(=O)OC)c1C. The molecule has 1 aromatic heterocycles. The predicted octanol–water partition coefficient (Wildman–Crippen LogP) is 1.21. The van der Waals surface area contributed by atoms with Crippen LogP contribution in [0.5, 0.6) is 0 Å². The standard InChI is InChI=1S/C18H17FN2O9S2/c1-8-13(17(24)28-2)15(31-14(8)18(25)29-3)21-12(22)7-30-16(23)10-6-9(32(20,26)27)4-5-11(10)19/h4-6H,7H2,1-3H3,(H,21,22)(H2,20,26,27). The first-order valence-electron chi connectivity index (χ1n) is 8.50. The lowest BCUT2D eigenvalue weighted by Gasteiger charge is -2.08. The molecule has 1 heterocycles. The van der Waals surface area contributed by atoms with E-state index in [0.717, 1.165) is 31.6 Å². The Morgan fingerprint density at radius 3 is 2.28 bits per heavy atom. The number of ether oxygens (including phenoxy) is 3. The number of esters is 3. The molecule has 14 heteroatoms. The Morgan fingerprint density at radius 1 is 1.09 bits per heavy atom. The summed E-state index contributed by atoms with van der Waals surface area (Å²) in [5.41, 5.74) is -0.633. The van der Waals surface area contributed by atoms with Crippen molar-refractivity contribution in [2.45, 2.75) is 11.8 Å². The fourth-order valence-electron chi connectivity index (χ4n) is 2.45. The second-order valence-electron chi connectivity index (χ2n) is 6.05. The van der Waals surface area contributed by atoms with Gasteiger partial charge in [-0.15, -0.1) is 11.3 Å². The highest BCUT2D eigenvalue weighted by atomic mass is 32.2.